The number of piperidine rings is 1. The summed E-state index contributed by atoms with van der Waals surface area (Å²) in [5.74, 6) is 1.32. The summed E-state index contributed by atoms with van der Waals surface area (Å²) in [6.45, 7) is 6.67. The molecule has 1 fully saturated rings. The van der Waals surface area contributed by atoms with Crippen molar-refractivity contribution >= 4 is 17.5 Å². The molecule has 1 aromatic rings. The van der Waals surface area contributed by atoms with E-state index in [2.05, 4.69) is 22.9 Å². The fourth-order valence-electron chi connectivity index (χ4n) is 3.08. The first kappa shape index (κ1) is 19.2. The van der Waals surface area contributed by atoms with Gasteiger partial charge in [0.2, 0.25) is 11.8 Å². The van der Waals surface area contributed by atoms with E-state index < -0.39 is 0 Å². The third kappa shape index (κ3) is 6.74. The number of benzene rings is 1. The number of carbonyl (C=O) groups excluding carboxylic acids is 2. The predicted octanol–water partition coefficient (Wildman–Crippen LogP) is 2.17. The van der Waals surface area contributed by atoms with Crippen molar-refractivity contribution in [2.75, 3.05) is 31.6 Å². The summed E-state index contributed by atoms with van der Waals surface area (Å²) in [5, 5.41) is 8.85. The molecule has 0 bridgehead atoms. The van der Waals surface area contributed by atoms with E-state index in [0.29, 0.717) is 30.6 Å². The smallest absolute Gasteiger partial charge is 0.243 e. The number of hydrogen-bond donors (Lipinski definition) is 3. The SMILES string of the molecule is CCOc1ccc(NC(=O)CNC(=O)CC(C)C2CCCNC2)cc1. The molecule has 0 aromatic heterocycles. The van der Waals surface area contributed by atoms with Crippen LogP contribution in [0.1, 0.15) is 33.1 Å². The zero-order valence-electron chi connectivity index (χ0n) is 15.1. The lowest BCUT2D eigenvalue weighted by Crippen LogP contribution is -2.37. The fraction of sp³-hybridized carbons (Fsp3) is 0.579. The number of ether oxygens (including phenoxy) is 1. The zero-order valence-corrected chi connectivity index (χ0v) is 15.1. The minimum absolute atomic E-state index is 0.0122. The predicted molar refractivity (Wildman–Crippen MR) is 98.6 cm³/mol. The Morgan fingerprint density at radius 2 is 2.04 bits per heavy atom. The van der Waals surface area contributed by atoms with Crippen molar-refractivity contribution in [2.24, 2.45) is 11.8 Å². The van der Waals surface area contributed by atoms with Crippen LogP contribution in [0.5, 0.6) is 5.75 Å². The lowest BCUT2D eigenvalue weighted by molar-refractivity contribution is -0.125. The molecule has 3 N–H and O–H groups in total. The molecule has 6 nitrogen and oxygen atoms in total. The summed E-state index contributed by atoms with van der Waals surface area (Å²) in [7, 11) is 0. The van der Waals surface area contributed by atoms with Crippen molar-refractivity contribution in [3.05, 3.63) is 24.3 Å². The van der Waals surface area contributed by atoms with E-state index in [1.807, 2.05) is 6.92 Å². The van der Waals surface area contributed by atoms with Crippen molar-refractivity contribution in [1.82, 2.24) is 10.6 Å². The number of hydrogen-bond acceptors (Lipinski definition) is 4. The Morgan fingerprint density at radius 3 is 2.68 bits per heavy atom. The van der Waals surface area contributed by atoms with E-state index in [-0.39, 0.29) is 18.4 Å². The van der Waals surface area contributed by atoms with Gasteiger partial charge in [-0.15, -0.1) is 0 Å². The Kier molecular flexibility index (Phi) is 7.73. The Hall–Kier alpha value is -2.08. The van der Waals surface area contributed by atoms with Gasteiger partial charge in [0.15, 0.2) is 0 Å². The summed E-state index contributed by atoms with van der Waals surface area (Å²) in [4.78, 5) is 24.0. The molecule has 0 spiro atoms. The highest BCUT2D eigenvalue weighted by molar-refractivity contribution is 5.94. The summed E-state index contributed by atoms with van der Waals surface area (Å²) < 4.78 is 5.36. The van der Waals surface area contributed by atoms with E-state index in [1.165, 1.54) is 12.8 Å². The van der Waals surface area contributed by atoms with Crippen LogP contribution < -0.4 is 20.7 Å². The average Bonchev–Trinajstić information content (AvgIpc) is 2.62. The first-order chi connectivity index (χ1) is 12.1. The number of rotatable bonds is 8. The lowest BCUT2D eigenvalue weighted by atomic mass is 9.85. The molecule has 0 aliphatic carbocycles. The first-order valence-corrected chi connectivity index (χ1v) is 9.08. The molecule has 2 rings (SSSR count). The van der Waals surface area contributed by atoms with Gasteiger partial charge in [-0.05, 0) is 69.0 Å². The minimum Gasteiger partial charge on any atom is -0.494 e. The van der Waals surface area contributed by atoms with E-state index in [4.69, 9.17) is 4.74 Å². The van der Waals surface area contributed by atoms with Crippen molar-refractivity contribution in [3.63, 3.8) is 0 Å². The molecule has 25 heavy (non-hydrogen) atoms. The number of amides is 2. The minimum atomic E-state index is -0.232. The Balaban J connectivity index is 1.68. The van der Waals surface area contributed by atoms with Crippen LogP contribution in [-0.4, -0.2) is 38.1 Å². The van der Waals surface area contributed by atoms with Gasteiger partial charge in [-0.25, -0.2) is 0 Å². The number of carbonyl (C=O) groups is 2. The Morgan fingerprint density at radius 1 is 1.28 bits per heavy atom. The topological polar surface area (TPSA) is 79.5 Å². The summed E-state index contributed by atoms with van der Waals surface area (Å²) in [6, 6.07) is 7.17. The normalized spacial score (nSPS) is 18.2. The van der Waals surface area contributed by atoms with E-state index in [9.17, 15) is 9.59 Å². The van der Waals surface area contributed by atoms with Gasteiger partial charge in [0.05, 0.1) is 13.2 Å². The molecule has 2 atom stereocenters. The van der Waals surface area contributed by atoms with Gasteiger partial charge >= 0.3 is 0 Å². The molecule has 1 aromatic carbocycles. The quantitative estimate of drug-likeness (QED) is 0.673. The molecule has 2 amide bonds. The van der Waals surface area contributed by atoms with Gasteiger partial charge in [0.1, 0.15) is 5.75 Å². The molecule has 2 unspecified atom stereocenters. The molecule has 1 heterocycles. The van der Waals surface area contributed by atoms with E-state index in [0.717, 1.165) is 18.8 Å². The molecule has 1 aliphatic heterocycles. The monoisotopic (exact) mass is 347 g/mol. The van der Waals surface area contributed by atoms with Gasteiger partial charge in [0.25, 0.3) is 0 Å². The molecule has 1 saturated heterocycles. The van der Waals surface area contributed by atoms with Crippen LogP contribution in [0.25, 0.3) is 0 Å². The second kappa shape index (κ2) is 10.0. The first-order valence-electron chi connectivity index (χ1n) is 9.08. The van der Waals surface area contributed by atoms with Crippen LogP contribution in [0.15, 0.2) is 24.3 Å². The van der Waals surface area contributed by atoms with E-state index in [1.54, 1.807) is 24.3 Å². The van der Waals surface area contributed by atoms with Crippen molar-refractivity contribution in [1.29, 1.82) is 0 Å². The lowest BCUT2D eigenvalue weighted by Gasteiger charge is -2.27. The molecule has 6 heteroatoms. The Bertz CT molecular complexity index is 554. The second-order valence-corrected chi connectivity index (χ2v) is 6.57. The summed E-state index contributed by atoms with van der Waals surface area (Å²) in [5.41, 5.74) is 0.685. The van der Waals surface area contributed by atoms with Crippen LogP contribution in [0.3, 0.4) is 0 Å². The van der Waals surface area contributed by atoms with Crippen LogP contribution in [-0.2, 0) is 9.59 Å². The van der Waals surface area contributed by atoms with Gasteiger partial charge in [0, 0.05) is 12.1 Å². The largest absolute Gasteiger partial charge is 0.494 e. The number of anilines is 1. The van der Waals surface area contributed by atoms with Gasteiger partial charge in [-0.2, -0.15) is 0 Å². The molecular formula is C19H29N3O3. The fourth-order valence-corrected chi connectivity index (χ4v) is 3.08. The van der Waals surface area contributed by atoms with E-state index >= 15 is 0 Å². The molecular weight excluding hydrogens is 318 g/mol. The zero-order chi connectivity index (χ0) is 18.1. The molecule has 1 aliphatic rings. The maximum absolute atomic E-state index is 12.0. The van der Waals surface area contributed by atoms with Crippen LogP contribution >= 0.6 is 0 Å². The van der Waals surface area contributed by atoms with Crippen LogP contribution in [0.4, 0.5) is 5.69 Å². The van der Waals surface area contributed by atoms with Gasteiger partial charge in [-0.3, -0.25) is 9.59 Å². The average molecular weight is 347 g/mol. The van der Waals surface area contributed by atoms with Gasteiger partial charge < -0.3 is 20.7 Å². The molecule has 0 radical (unpaired) electrons. The number of nitrogens with one attached hydrogen (secondary N) is 3. The highest BCUT2D eigenvalue weighted by atomic mass is 16.5. The molecule has 0 saturated carbocycles. The third-order valence-electron chi connectivity index (χ3n) is 4.54. The van der Waals surface area contributed by atoms with Gasteiger partial charge in [-0.1, -0.05) is 6.92 Å². The highest BCUT2D eigenvalue weighted by Gasteiger charge is 2.22. The second-order valence-electron chi connectivity index (χ2n) is 6.57. The van der Waals surface area contributed by atoms with Crippen LogP contribution in [0.2, 0.25) is 0 Å². The summed E-state index contributed by atoms with van der Waals surface area (Å²) >= 11 is 0. The van der Waals surface area contributed by atoms with Crippen LogP contribution in [0, 0.1) is 11.8 Å². The summed E-state index contributed by atoms with van der Waals surface area (Å²) in [6.07, 6.45) is 2.80. The standard InChI is InChI=1S/C19H29N3O3/c1-3-25-17-8-6-16(7-9-17)22-19(24)13-21-18(23)11-14(2)15-5-4-10-20-12-15/h6-9,14-15,20H,3-5,10-13H2,1-2H3,(H,21,23)(H,22,24). The third-order valence-corrected chi connectivity index (χ3v) is 4.54. The maximum atomic E-state index is 12.0. The van der Waals surface area contributed by atoms with Crippen molar-refractivity contribution in [2.45, 2.75) is 33.1 Å². The van der Waals surface area contributed by atoms with Crippen molar-refractivity contribution < 1.29 is 14.3 Å². The van der Waals surface area contributed by atoms with Crippen molar-refractivity contribution in [3.8, 4) is 5.75 Å². The highest BCUT2D eigenvalue weighted by Crippen LogP contribution is 2.22. The molecule has 138 valence electrons. The maximum Gasteiger partial charge on any atom is 0.243 e. The Labute approximate surface area is 149 Å².